The number of oxazole rings is 1. The van der Waals surface area contributed by atoms with Crippen molar-refractivity contribution < 1.29 is 31.5 Å². The van der Waals surface area contributed by atoms with E-state index in [0.717, 1.165) is 0 Å². The molecular weight excluding hydrogens is 392 g/mol. The van der Waals surface area contributed by atoms with Crippen molar-refractivity contribution in [2.24, 2.45) is 0 Å². The van der Waals surface area contributed by atoms with Gasteiger partial charge in [0.15, 0.2) is 18.3 Å². The van der Waals surface area contributed by atoms with E-state index in [1.807, 2.05) is 0 Å². The van der Waals surface area contributed by atoms with Crippen molar-refractivity contribution in [2.75, 3.05) is 11.9 Å². The maximum atomic E-state index is 13.8. The van der Waals surface area contributed by atoms with Gasteiger partial charge in [0.05, 0.1) is 17.4 Å². The van der Waals surface area contributed by atoms with Crippen molar-refractivity contribution in [1.82, 2.24) is 4.98 Å². The Morgan fingerprint density at radius 1 is 1.10 bits per heavy atom. The lowest BCUT2D eigenvalue weighted by molar-refractivity contribution is -0.153. The second-order valence-electron chi connectivity index (χ2n) is 6.05. The Kier molecular flexibility index (Phi) is 6.16. The van der Waals surface area contributed by atoms with Crippen LogP contribution in [0.15, 0.2) is 59.1 Å². The fourth-order valence-corrected chi connectivity index (χ4v) is 2.50. The molecule has 0 spiro atoms. The molecule has 0 atom stereocenters. The standard InChI is InChI=1S/C20H16F4N2O3/c21-14-6-2-1-5-13(14)17-11-25-19(29-17)10-9-18(27)26-15-7-3-4-8-16(15)28-12-20(22,23)24/h1-8,11H,9-10,12H2,(H,26,27). The van der Waals surface area contributed by atoms with Gasteiger partial charge < -0.3 is 14.5 Å². The zero-order valence-corrected chi connectivity index (χ0v) is 15.0. The van der Waals surface area contributed by atoms with Crippen LogP contribution in [0.3, 0.4) is 0 Å². The van der Waals surface area contributed by atoms with E-state index < -0.39 is 24.5 Å². The number of rotatable bonds is 7. The van der Waals surface area contributed by atoms with E-state index in [2.05, 4.69) is 10.3 Å². The van der Waals surface area contributed by atoms with Gasteiger partial charge in [0.25, 0.3) is 0 Å². The van der Waals surface area contributed by atoms with Crippen molar-refractivity contribution in [1.29, 1.82) is 0 Å². The molecule has 0 aliphatic carbocycles. The lowest BCUT2D eigenvalue weighted by Gasteiger charge is -2.13. The highest BCUT2D eigenvalue weighted by Gasteiger charge is 2.28. The number of amides is 1. The van der Waals surface area contributed by atoms with Crippen LogP contribution in [-0.2, 0) is 11.2 Å². The van der Waals surface area contributed by atoms with E-state index in [4.69, 9.17) is 9.15 Å². The van der Waals surface area contributed by atoms with Crippen LogP contribution in [0, 0.1) is 5.82 Å². The third kappa shape index (κ3) is 5.81. The zero-order chi connectivity index (χ0) is 20.9. The van der Waals surface area contributed by atoms with Crippen LogP contribution in [0.4, 0.5) is 23.2 Å². The van der Waals surface area contributed by atoms with Gasteiger partial charge in [-0.05, 0) is 24.3 Å². The Morgan fingerprint density at radius 3 is 2.59 bits per heavy atom. The molecule has 0 radical (unpaired) electrons. The van der Waals surface area contributed by atoms with E-state index in [1.54, 1.807) is 24.3 Å². The van der Waals surface area contributed by atoms with Crippen molar-refractivity contribution in [3.05, 3.63) is 66.4 Å². The zero-order valence-electron chi connectivity index (χ0n) is 15.0. The molecule has 0 unspecified atom stereocenters. The Balaban J connectivity index is 1.58. The van der Waals surface area contributed by atoms with Crippen molar-refractivity contribution in [3.8, 4) is 17.1 Å². The summed E-state index contributed by atoms with van der Waals surface area (Å²) in [6.45, 7) is -1.46. The third-order valence-electron chi connectivity index (χ3n) is 3.81. The molecule has 2 aromatic carbocycles. The first-order valence-electron chi connectivity index (χ1n) is 8.60. The number of carbonyl (C=O) groups is 1. The number of para-hydroxylation sites is 2. The quantitative estimate of drug-likeness (QED) is 0.560. The molecular formula is C20H16F4N2O3. The molecule has 9 heteroatoms. The summed E-state index contributed by atoms with van der Waals surface area (Å²) in [6.07, 6.45) is -3.03. The molecule has 0 aliphatic rings. The summed E-state index contributed by atoms with van der Waals surface area (Å²) in [6, 6.07) is 11.9. The Bertz CT molecular complexity index is 986. The van der Waals surface area contributed by atoms with Crippen LogP contribution in [0.5, 0.6) is 5.75 Å². The van der Waals surface area contributed by atoms with Crippen LogP contribution in [0.25, 0.3) is 11.3 Å². The predicted octanol–water partition coefficient (Wildman–Crippen LogP) is 4.99. The highest BCUT2D eigenvalue weighted by atomic mass is 19.4. The van der Waals surface area contributed by atoms with E-state index in [9.17, 15) is 22.4 Å². The summed E-state index contributed by atoms with van der Waals surface area (Å²) < 4.78 is 61.0. The molecule has 0 saturated carbocycles. The normalized spacial score (nSPS) is 11.3. The number of halogens is 4. The average Bonchev–Trinajstić information content (AvgIpc) is 3.14. The molecule has 152 valence electrons. The lowest BCUT2D eigenvalue weighted by Crippen LogP contribution is -2.20. The molecule has 1 heterocycles. The molecule has 1 aromatic heterocycles. The van der Waals surface area contributed by atoms with Crippen molar-refractivity contribution in [2.45, 2.75) is 19.0 Å². The number of nitrogens with zero attached hydrogens (tertiary/aromatic N) is 1. The predicted molar refractivity (Wildman–Crippen MR) is 96.8 cm³/mol. The lowest BCUT2D eigenvalue weighted by atomic mass is 10.2. The van der Waals surface area contributed by atoms with E-state index in [1.165, 1.54) is 30.5 Å². The van der Waals surface area contributed by atoms with Crippen LogP contribution in [-0.4, -0.2) is 23.7 Å². The molecule has 3 rings (SSSR count). The second-order valence-corrected chi connectivity index (χ2v) is 6.05. The minimum Gasteiger partial charge on any atom is -0.482 e. The number of nitrogens with one attached hydrogen (secondary N) is 1. The van der Waals surface area contributed by atoms with Gasteiger partial charge in [0.1, 0.15) is 11.6 Å². The van der Waals surface area contributed by atoms with E-state index in [0.29, 0.717) is 0 Å². The molecule has 29 heavy (non-hydrogen) atoms. The SMILES string of the molecule is O=C(CCc1ncc(-c2ccccc2F)o1)Nc1ccccc1OCC(F)(F)F. The van der Waals surface area contributed by atoms with Gasteiger partial charge >= 0.3 is 6.18 Å². The number of hydrogen-bond acceptors (Lipinski definition) is 4. The van der Waals surface area contributed by atoms with Gasteiger partial charge in [0.2, 0.25) is 5.91 Å². The average molecular weight is 408 g/mol. The Labute approximate surface area is 163 Å². The minimum absolute atomic E-state index is 0.0369. The summed E-state index contributed by atoms with van der Waals surface area (Å²) in [5.41, 5.74) is 0.382. The Hall–Kier alpha value is -3.36. The first-order chi connectivity index (χ1) is 13.8. The number of hydrogen-bond donors (Lipinski definition) is 1. The van der Waals surface area contributed by atoms with Crippen molar-refractivity contribution in [3.63, 3.8) is 0 Å². The van der Waals surface area contributed by atoms with Crippen LogP contribution >= 0.6 is 0 Å². The summed E-state index contributed by atoms with van der Waals surface area (Å²) in [5.74, 6) is -0.525. The van der Waals surface area contributed by atoms with Gasteiger partial charge in [-0.25, -0.2) is 9.37 Å². The van der Waals surface area contributed by atoms with E-state index >= 15 is 0 Å². The van der Waals surface area contributed by atoms with Gasteiger partial charge in [-0.3, -0.25) is 4.79 Å². The van der Waals surface area contributed by atoms with Gasteiger partial charge in [-0.1, -0.05) is 24.3 Å². The number of aryl methyl sites for hydroxylation is 1. The fraction of sp³-hybridized carbons (Fsp3) is 0.200. The number of alkyl halides is 3. The highest BCUT2D eigenvalue weighted by Crippen LogP contribution is 2.27. The van der Waals surface area contributed by atoms with Crippen molar-refractivity contribution >= 4 is 11.6 Å². The van der Waals surface area contributed by atoms with Gasteiger partial charge in [-0.15, -0.1) is 0 Å². The monoisotopic (exact) mass is 408 g/mol. The molecule has 0 bridgehead atoms. The topological polar surface area (TPSA) is 64.4 Å². The number of ether oxygens (including phenoxy) is 1. The van der Waals surface area contributed by atoms with Gasteiger partial charge in [0, 0.05) is 12.8 Å². The largest absolute Gasteiger partial charge is 0.482 e. The number of benzene rings is 2. The van der Waals surface area contributed by atoms with E-state index in [-0.39, 0.29) is 41.5 Å². The maximum absolute atomic E-state index is 13.8. The fourth-order valence-electron chi connectivity index (χ4n) is 2.50. The van der Waals surface area contributed by atoms with Crippen LogP contribution in [0.1, 0.15) is 12.3 Å². The molecule has 3 aromatic rings. The highest BCUT2D eigenvalue weighted by molar-refractivity contribution is 5.92. The molecule has 0 aliphatic heterocycles. The Morgan fingerprint density at radius 2 is 1.83 bits per heavy atom. The second kappa shape index (κ2) is 8.76. The number of carbonyl (C=O) groups excluding carboxylic acids is 1. The molecule has 5 nitrogen and oxygen atoms in total. The molecule has 0 fully saturated rings. The smallest absolute Gasteiger partial charge is 0.422 e. The minimum atomic E-state index is -4.49. The molecule has 1 N–H and O–H groups in total. The maximum Gasteiger partial charge on any atom is 0.422 e. The summed E-state index contributed by atoms with van der Waals surface area (Å²) >= 11 is 0. The van der Waals surface area contributed by atoms with Crippen LogP contribution < -0.4 is 10.1 Å². The van der Waals surface area contributed by atoms with Gasteiger partial charge in [-0.2, -0.15) is 13.2 Å². The number of aromatic nitrogens is 1. The summed E-state index contributed by atoms with van der Waals surface area (Å²) in [4.78, 5) is 16.2. The first-order valence-corrected chi connectivity index (χ1v) is 8.60. The summed E-state index contributed by atoms with van der Waals surface area (Å²) in [5, 5.41) is 2.50. The third-order valence-corrected chi connectivity index (χ3v) is 3.81. The summed E-state index contributed by atoms with van der Waals surface area (Å²) in [7, 11) is 0. The number of anilines is 1. The first kappa shape index (κ1) is 20.4. The molecule has 1 amide bonds. The van der Waals surface area contributed by atoms with Crippen LogP contribution in [0.2, 0.25) is 0 Å². The molecule has 0 saturated heterocycles.